The van der Waals surface area contributed by atoms with Crippen LogP contribution in [0.3, 0.4) is 0 Å². The average molecular weight is 252 g/mol. The monoisotopic (exact) mass is 252 g/mol. The molecule has 0 aliphatic rings. The van der Waals surface area contributed by atoms with E-state index in [-0.39, 0.29) is 0 Å². The number of fused-ring (bicyclic) bond motifs is 1. The lowest BCUT2D eigenvalue weighted by atomic mass is 10.1. The number of hydrazine groups is 1. The Kier molecular flexibility index (Phi) is 2.93. The molecule has 3 rings (SSSR count). The van der Waals surface area contributed by atoms with Crippen molar-refractivity contribution in [2.75, 3.05) is 5.43 Å². The summed E-state index contributed by atoms with van der Waals surface area (Å²) < 4.78 is 2.09. The van der Waals surface area contributed by atoms with Gasteiger partial charge in [-0.3, -0.25) is 5.43 Å². The highest BCUT2D eigenvalue weighted by atomic mass is 15.3. The van der Waals surface area contributed by atoms with E-state index in [4.69, 9.17) is 5.84 Å². The molecule has 0 saturated carbocycles. The molecule has 0 radical (unpaired) electrons. The molecule has 0 aliphatic heterocycles. The molecular formula is C15H16N4. The molecule has 1 heterocycles. The molecule has 3 N–H and O–H groups in total. The molecular weight excluding hydrogens is 236 g/mol. The van der Waals surface area contributed by atoms with Gasteiger partial charge in [-0.25, -0.2) is 10.8 Å². The number of nitrogens with two attached hydrogens (primary N) is 1. The van der Waals surface area contributed by atoms with Gasteiger partial charge in [-0.05, 0) is 30.2 Å². The number of hydrogen-bond donors (Lipinski definition) is 2. The predicted molar refractivity (Wildman–Crippen MR) is 77.8 cm³/mol. The lowest BCUT2D eigenvalue weighted by Gasteiger charge is -2.10. The summed E-state index contributed by atoms with van der Waals surface area (Å²) in [5, 5.41) is 0. The van der Waals surface area contributed by atoms with Gasteiger partial charge >= 0.3 is 0 Å². The van der Waals surface area contributed by atoms with Gasteiger partial charge in [-0.1, -0.05) is 36.4 Å². The average Bonchev–Trinajstić information content (AvgIpc) is 2.79. The number of benzene rings is 2. The van der Waals surface area contributed by atoms with E-state index in [2.05, 4.69) is 46.2 Å². The Morgan fingerprint density at radius 1 is 1.11 bits per heavy atom. The molecule has 0 unspecified atom stereocenters. The molecule has 2 aromatic carbocycles. The van der Waals surface area contributed by atoms with Crippen molar-refractivity contribution in [3.05, 3.63) is 59.7 Å². The summed E-state index contributed by atoms with van der Waals surface area (Å²) in [5.41, 5.74) is 7.24. The van der Waals surface area contributed by atoms with Gasteiger partial charge in [0, 0.05) is 0 Å². The SMILES string of the molecule is Cc1ccccc1Cn1c(NN)nc2ccccc21. The van der Waals surface area contributed by atoms with E-state index in [1.165, 1.54) is 11.1 Å². The molecule has 0 spiro atoms. The lowest BCUT2D eigenvalue weighted by molar-refractivity contribution is 0.821. The Hall–Kier alpha value is -2.33. The number of aryl methyl sites for hydroxylation is 1. The van der Waals surface area contributed by atoms with Gasteiger partial charge in [-0.2, -0.15) is 0 Å². The van der Waals surface area contributed by atoms with Gasteiger partial charge in [0.2, 0.25) is 5.95 Å². The fourth-order valence-corrected chi connectivity index (χ4v) is 2.30. The number of nitrogen functional groups attached to an aromatic ring is 1. The first-order chi connectivity index (χ1) is 9.29. The number of para-hydroxylation sites is 2. The zero-order chi connectivity index (χ0) is 13.2. The summed E-state index contributed by atoms with van der Waals surface area (Å²) in [5.74, 6) is 6.26. The van der Waals surface area contributed by atoms with Crippen LogP contribution in [0.1, 0.15) is 11.1 Å². The third-order valence-corrected chi connectivity index (χ3v) is 3.37. The van der Waals surface area contributed by atoms with E-state index >= 15 is 0 Å². The van der Waals surface area contributed by atoms with Crippen molar-refractivity contribution in [2.24, 2.45) is 5.84 Å². The lowest BCUT2D eigenvalue weighted by Crippen LogP contribution is -2.14. The van der Waals surface area contributed by atoms with Crippen LogP contribution in [0.25, 0.3) is 11.0 Å². The number of anilines is 1. The molecule has 4 nitrogen and oxygen atoms in total. The van der Waals surface area contributed by atoms with Crippen LogP contribution in [0.2, 0.25) is 0 Å². The minimum atomic E-state index is 0.685. The largest absolute Gasteiger partial charge is 0.305 e. The van der Waals surface area contributed by atoms with Crippen LogP contribution < -0.4 is 11.3 Å². The Balaban J connectivity index is 2.12. The third kappa shape index (κ3) is 2.06. The van der Waals surface area contributed by atoms with Crippen LogP contribution in [0.5, 0.6) is 0 Å². The molecule has 3 aromatic rings. The van der Waals surface area contributed by atoms with Gasteiger partial charge < -0.3 is 4.57 Å². The second-order valence-corrected chi connectivity index (χ2v) is 4.58. The number of imidazole rings is 1. The molecule has 19 heavy (non-hydrogen) atoms. The molecule has 96 valence electrons. The van der Waals surface area contributed by atoms with E-state index in [0.29, 0.717) is 5.95 Å². The second-order valence-electron chi connectivity index (χ2n) is 4.58. The van der Waals surface area contributed by atoms with Gasteiger partial charge in [0.15, 0.2) is 0 Å². The highest BCUT2D eigenvalue weighted by molar-refractivity contribution is 5.78. The quantitative estimate of drug-likeness (QED) is 0.556. The summed E-state index contributed by atoms with van der Waals surface area (Å²) in [7, 11) is 0. The van der Waals surface area contributed by atoms with E-state index in [0.717, 1.165) is 17.6 Å². The number of nitrogens with one attached hydrogen (secondary N) is 1. The van der Waals surface area contributed by atoms with E-state index < -0.39 is 0 Å². The number of rotatable bonds is 3. The maximum atomic E-state index is 5.57. The number of aromatic nitrogens is 2. The van der Waals surface area contributed by atoms with Crippen LogP contribution in [-0.4, -0.2) is 9.55 Å². The van der Waals surface area contributed by atoms with Crippen LogP contribution >= 0.6 is 0 Å². The Labute approximate surface area is 111 Å². The van der Waals surface area contributed by atoms with Gasteiger partial charge in [0.1, 0.15) is 0 Å². The fraction of sp³-hybridized carbons (Fsp3) is 0.133. The van der Waals surface area contributed by atoms with Crippen LogP contribution in [0.4, 0.5) is 5.95 Å². The zero-order valence-corrected chi connectivity index (χ0v) is 10.8. The zero-order valence-electron chi connectivity index (χ0n) is 10.8. The maximum absolute atomic E-state index is 5.57. The number of nitrogens with zero attached hydrogens (tertiary/aromatic N) is 2. The van der Waals surface area contributed by atoms with Gasteiger partial charge in [0.05, 0.1) is 17.6 Å². The topological polar surface area (TPSA) is 55.9 Å². The van der Waals surface area contributed by atoms with Crippen molar-refractivity contribution in [3.63, 3.8) is 0 Å². The Morgan fingerprint density at radius 2 is 1.84 bits per heavy atom. The van der Waals surface area contributed by atoms with Gasteiger partial charge in [0.25, 0.3) is 0 Å². The summed E-state index contributed by atoms with van der Waals surface area (Å²) in [6.07, 6.45) is 0. The molecule has 0 bridgehead atoms. The molecule has 1 aromatic heterocycles. The van der Waals surface area contributed by atoms with Gasteiger partial charge in [-0.15, -0.1) is 0 Å². The van der Waals surface area contributed by atoms with Crippen molar-refractivity contribution < 1.29 is 0 Å². The minimum Gasteiger partial charge on any atom is -0.305 e. The number of hydrogen-bond acceptors (Lipinski definition) is 3. The van der Waals surface area contributed by atoms with Crippen LogP contribution in [-0.2, 0) is 6.54 Å². The second kappa shape index (κ2) is 4.74. The van der Waals surface area contributed by atoms with Crippen molar-refractivity contribution in [2.45, 2.75) is 13.5 Å². The Morgan fingerprint density at radius 3 is 2.63 bits per heavy atom. The summed E-state index contributed by atoms with van der Waals surface area (Å²) >= 11 is 0. The summed E-state index contributed by atoms with van der Waals surface area (Å²) in [6.45, 7) is 2.87. The molecule has 0 atom stereocenters. The highest BCUT2D eigenvalue weighted by Gasteiger charge is 2.10. The molecule has 0 fully saturated rings. The first-order valence-corrected chi connectivity index (χ1v) is 6.26. The third-order valence-electron chi connectivity index (χ3n) is 3.37. The first kappa shape index (κ1) is 11.7. The molecule has 0 amide bonds. The van der Waals surface area contributed by atoms with Crippen LogP contribution in [0, 0.1) is 6.92 Å². The predicted octanol–water partition coefficient (Wildman–Crippen LogP) is 2.68. The molecule has 0 saturated heterocycles. The highest BCUT2D eigenvalue weighted by Crippen LogP contribution is 2.21. The fourth-order valence-electron chi connectivity index (χ4n) is 2.30. The summed E-state index contributed by atoms with van der Waals surface area (Å²) in [6, 6.07) is 16.4. The first-order valence-electron chi connectivity index (χ1n) is 6.26. The molecule has 4 heteroatoms. The van der Waals surface area contributed by atoms with E-state index in [1.54, 1.807) is 0 Å². The van der Waals surface area contributed by atoms with E-state index in [1.807, 2.05) is 24.3 Å². The van der Waals surface area contributed by atoms with Crippen molar-refractivity contribution in [3.8, 4) is 0 Å². The smallest absolute Gasteiger partial charge is 0.218 e. The Bertz CT molecular complexity index is 715. The van der Waals surface area contributed by atoms with Crippen molar-refractivity contribution >= 4 is 17.0 Å². The minimum absolute atomic E-state index is 0.685. The molecule has 0 aliphatic carbocycles. The van der Waals surface area contributed by atoms with Crippen molar-refractivity contribution in [1.29, 1.82) is 0 Å². The standard InChI is InChI=1S/C15H16N4/c1-11-6-2-3-7-12(11)10-19-14-9-5-4-8-13(14)17-15(19)18-16/h2-9H,10,16H2,1H3,(H,17,18). The van der Waals surface area contributed by atoms with Crippen LogP contribution in [0.15, 0.2) is 48.5 Å². The van der Waals surface area contributed by atoms with Crippen molar-refractivity contribution in [1.82, 2.24) is 9.55 Å². The normalized spacial score (nSPS) is 10.8. The summed E-state index contributed by atoms with van der Waals surface area (Å²) in [4.78, 5) is 4.48. The maximum Gasteiger partial charge on any atom is 0.218 e. The van der Waals surface area contributed by atoms with E-state index in [9.17, 15) is 0 Å².